The lowest BCUT2D eigenvalue weighted by molar-refractivity contribution is -0.138. The van der Waals surface area contributed by atoms with Crippen LogP contribution in [0.2, 0.25) is 0 Å². The largest absolute Gasteiger partial charge is 0.493 e. The van der Waals surface area contributed by atoms with Crippen LogP contribution in [0.5, 0.6) is 11.5 Å². The first-order chi connectivity index (χ1) is 8.63. The summed E-state index contributed by atoms with van der Waals surface area (Å²) < 4.78 is 15.3. The summed E-state index contributed by atoms with van der Waals surface area (Å²) >= 11 is 0. The van der Waals surface area contributed by atoms with Gasteiger partial charge in [0.2, 0.25) is 0 Å². The van der Waals surface area contributed by atoms with Crippen LogP contribution in [0.4, 0.5) is 0 Å². The minimum Gasteiger partial charge on any atom is -0.493 e. The third kappa shape index (κ3) is 2.40. The number of hydrogen-bond acceptors (Lipinski definition) is 5. The molecule has 0 amide bonds. The molecule has 96 valence electrons. The van der Waals surface area contributed by atoms with E-state index in [0.29, 0.717) is 17.2 Å². The van der Waals surface area contributed by atoms with E-state index in [9.17, 15) is 4.79 Å². The van der Waals surface area contributed by atoms with Crippen molar-refractivity contribution in [1.29, 1.82) is 0 Å². The van der Waals surface area contributed by atoms with Crippen LogP contribution in [0.1, 0.15) is 12.5 Å². The van der Waals surface area contributed by atoms with Gasteiger partial charge in [-0.1, -0.05) is 6.07 Å². The number of methoxy groups -OCH3 is 2. The zero-order valence-corrected chi connectivity index (χ0v) is 10.5. The first kappa shape index (κ1) is 12.3. The van der Waals surface area contributed by atoms with Gasteiger partial charge in [-0.15, -0.1) is 0 Å². The van der Waals surface area contributed by atoms with Gasteiger partial charge in [0.1, 0.15) is 5.70 Å². The molecule has 5 nitrogen and oxygen atoms in total. The Morgan fingerprint density at radius 2 is 2.00 bits per heavy atom. The maximum atomic E-state index is 11.5. The van der Waals surface area contributed by atoms with Crippen LogP contribution in [-0.4, -0.2) is 26.4 Å². The maximum Gasteiger partial charge on any atom is 0.356 e. The molecule has 1 aromatic carbocycles. The van der Waals surface area contributed by atoms with Crippen molar-refractivity contribution in [3.05, 3.63) is 29.5 Å². The van der Waals surface area contributed by atoms with Crippen LogP contribution in [0.15, 0.2) is 23.9 Å². The number of hydrogen-bond donors (Lipinski definition) is 1. The molecule has 0 saturated carbocycles. The van der Waals surface area contributed by atoms with Crippen LogP contribution in [0, 0.1) is 0 Å². The summed E-state index contributed by atoms with van der Waals surface area (Å²) in [6, 6.07) is 5.42. The van der Waals surface area contributed by atoms with Gasteiger partial charge in [-0.25, -0.2) is 4.79 Å². The molecule has 5 heteroatoms. The van der Waals surface area contributed by atoms with Crippen LogP contribution >= 0.6 is 0 Å². The molecule has 1 aromatic rings. The van der Waals surface area contributed by atoms with Crippen LogP contribution in [-0.2, 0) is 9.53 Å². The third-order valence-electron chi connectivity index (χ3n) is 2.58. The maximum absolute atomic E-state index is 11.5. The smallest absolute Gasteiger partial charge is 0.356 e. The van der Waals surface area contributed by atoms with Gasteiger partial charge in [-0.2, -0.15) is 0 Å². The first-order valence-electron chi connectivity index (χ1n) is 5.55. The highest BCUT2D eigenvalue weighted by atomic mass is 16.6. The van der Waals surface area contributed by atoms with Gasteiger partial charge < -0.3 is 19.5 Å². The Kier molecular flexibility index (Phi) is 3.41. The molecule has 1 unspecified atom stereocenters. The van der Waals surface area contributed by atoms with Crippen molar-refractivity contribution in [2.45, 2.75) is 13.2 Å². The van der Waals surface area contributed by atoms with Crippen molar-refractivity contribution < 1.29 is 19.0 Å². The van der Waals surface area contributed by atoms with Gasteiger partial charge in [0.05, 0.1) is 14.2 Å². The number of rotatable bonds is 3. The molecule has 1 aliphatic heterocycles. The zero-order valence-electron chi connectivity index (χ0n) is 10.5. The van der Waals surface area contributed by atoms with E-state index in [2.05, 4.69) is 5.32 Å². The SMILES string of the molecule is COc1ccc(/C=C2\NC(C)OC2=O)cc1OC. The average Bonchev–Trinajstić information content (AvgIpc) is 2.67. The Labute approximate surface area is 105 Å². The van der Waals surface area contributed by atoms with E-state index in [-0.39, 0.29) is 12.2 Å². The van der Waals surface area contributed by atoms with Crippen LogP contribution in [0.3, 0.4) is 0 Å². The zero-order chi connectivity index (χ0) is 13.1. The molecule has 1 aliphatic rings. The standard InChI is InChI=1S/C13H15NO4/c1-8-14-10(13(15)18-8)6-9-4-5-11(16-2)12(7-9)17-3/h4-8,14H,1-3H3/b10-6-. The molecule has 1 atom stereocenters. The Hall–Kier alpha value is -2.17. The minimum atomic E-state index is -0.350. The lowest BCUT2D eigenvalue weighted by Crippen LogP contribution is -2.16. The summed E-state index contributed by atoms with van der Waals surface area (Å²) in [5, 5.41) is 2.94. The predicted octanol–water partition coefficient (Wildman–Crippen LogP) is 1.54. The van der Waals surface area contributed by atoms with Crippen molar-refractivity contribution in [1.82, 2.24) is 5.32 Å². The second kappa shape index (κ2) is 5.00. The van der Waals surface area contributed by atoms with Crippen LogP contribution in [0.25, 0.3) is 6.08 Å². The number of benzene rings is 1. The van der Waals surface area contributed by atoms with Crippen molar-refractivity contribution in [2.75, 3.05) is 14.2 Å². The highest BCUT2D eigenvalue weighted by molar-refractivity contribution is 5.94. The summed E-state index contributed by atoms with van der Waals surface area (Å²) in [6.45, 7) is 1.77. The number of cyclic esters (lactones) is 1. The molecule has 18 heavy (non-hydrogen) atoms. The summed E-state index contributed by atoms with van der Waals surface area (Å²) in [7, 11) is 3.15. The van der Waals surface area contributed by atoms with Crippen molar-refractivity contribution in [3.63, 3.8) is 0 Å². The van der Waals surface area contributed by atoms with Gasteiger partial charge in [-0.05, 0) is 30.7 Å². The fourth-order valence-corrected chi connectivity index (χ4v) is 1.74. The molecule has 0 bridgehead atoms. The molecule has 1 heterocycles. The van der Waals surface area contributed by atoms with Gasteiger partial charge in [0.25, 0.3) is 0 Å². The molecule has 1 N–H and O–H groups in total. The van der Waals surface area contributed by atoms with Crippen LogP contribution < -0.4 is 14.8 Å². The quantitative estimate of drug-likeness (QED) is 0.650. The fourth-order valence-electron chi connectivity index (χ4n) is 1.74. The second-order valence-corrected chi connectivity index (χ2v) is 3.86. The normalized spacial score (nSPS) is 20.5. The van der Waals surface area contributed by atoms with E-state index < -0.39 is 0 Å². The van der Waals surface area contributed by atoms with E-state index in [0.717, 1.165) is 5.56 Å². The van der Waals surface area contributed by atoms with Gasteiger partial charge in [0, 0.05) is 0 Å². The molecule has 0 aromatic heterocycles. The van der Waals surface area contributed by atoms with E-state index in [1.54, 1.807) is 39.4 Å². The summed E-state index contributed by atoms with van der Waals surface area (Å²) in [4.78, 5) is 11.5. The van der Waals surface area contributed by atoms with Crippen molar-refractivity contribution >= 4 is 12.0 Å². The van der Waals surface area contributed by atoms with E-state index >= 15 is 0 Å². The molecule has 1 fully saturated rings. The van der Waals surface area contributed by atoms with Crippen molar-refractivity contribution in [3.8, 4) is 11.5 Å². The van der Waals surface area contributed by atoms with E-state index in [1.807, 2.05) is 6.07 Å². The van der Waals surface area contributed by atoms with Gasteiger partial charge in [0.15, 0.2) is 17.7 Å². The van der Waals surface area contributed by atoms with E-state index in [1.165, 1.54) is 0 Å². The minimum absolute atomic E-state index is 0.288. The average molecular weight is 249 g/mol. The lowest BCUT2D eigenvalue weighted by Gasteiger charge is -2.07. The summed E-state index contributed by atoms with van der Waals surface area (Å²) in [6.07, 6.45) is 1.43. The molecular weight excluding hydrogens is 234 g/mol. The summed E-state index contributed by atoms with van der Waals surface area (Å²) in [5.41, 5.74) is 1.27. The first-order valence-corrected chi connectivity index (χ1v) is 5.55. The fraction of sp³-hybridized carbons (Fsp3) is 0.308. The number of carbonyl (C=O) groups excluding carboxylic acids is 1. The van der Waals surface area contributed by atoms with E-state index in [4.69, 9.17) is 14.2 Å². The Bertz CT molecular complexity index is 496. The Morgan fingerprint density at radius 1 is 1.28 bits per heavy atom. The lowest BCUT2D eigenvalue weighted by atomic mass is 10.1. The van der Waals surface area contributed by atoms with Crippen molar-refractivity contribution in [2.24, 2.45) is 0 Å². The van der Waals surface area contributed by atoms with Gasteiger partial charge >= 0.3 is 5.97 Å². The Morgan fingerprint density at radius 3 is 2.56 bits per heavy atom. The molecule has 0 radical (unpaired) electrons. The molecule has 0 spiro atoms. The second-order valence-electron chi connectivity index (χ2n) is 3.86. The molecule has 0 aliphatic carbocycles. The van der Waals surface area contributed by atoms with Gasteiger partial charge in [-0.3, -0.25) is 0 Å². The Balaban J connectivity index is 2.29. The topological polar surface area (TPSA) is 56.8 Å². The number of ether oxygens (including phenoxy) is 3. The predicted molar refractivity (Wildman–Crippen MR) is 66.2 cm³/mol. The number of nitrogens with one attached hydrogen (secondary N) is 1. The number of carbonyl (C=O) groups is 1. The monoisotopic (exact) mass is 249 g/mol. The highest BCUT2D eigenvalue weighted by Gasteiger charge is 2.24. The third-order valence-corrected chi connectivity index (χ3v) is 2.58. The molecule has 2 rings (SSSR count). The molecule has 1 saturated heterocycles. The highest BCUT2D eigenvalue weighted by Crippen LogP contribution is 2.28. The molecular formula is C13H15NO4. The summed E-state index contributed by atoms with van der Waals surface area (Å²) in [5.74, 6) is 0.915. The number of esters is 1.